The summed E-state index contributed by atoms with van der Waals surface area (Å²) >= 11 is 0. The van der Waals surface area contributed by atoms with Crippen LogP contribution in [0.1, 0.15) is 58.8 Å². The molecule has 0 aliphatic rings. The number of unbranched alkanes of at least 4 members (excludes halogenated alkanes) is 3. The second-order valence-electron chi connectivity index (χ2n) is 4.07. The lowest BCUT2D eigenvalue weighted by Gasteiger charge is -2.27. The Hall–Kier alpha value is -0.0800. The fraction of sp³-hybridized carbons (Fsp3) is 1.00. The molecule has 0 heterocycles. The Kier molecular flexibility index (Phi) is 7.29. The smallest absolute Gasteiger partial charge is 0.0163 e. The first kappa shape index (κ1) is 12.9. The van der Waals surface area contributed by atoms with E-state index in [1.165, 1.54) is 25.7 Å². The summed E-state index contributed by atoms with van der Waals surface area (Å²) in [4.78, 5) is 0. The number of hydrogen-bond donors (Lipinski definition) is 2. The number of rotatable bonds is 8. The minimum Gasteiger partial charge on any atom is -0.330 e. The van der Waals surface area contributed by atoms with Gasteiger partial charge in [0, 0.05) is 5.54 Å². The maximum atomic E-state index is 6.21. The molecule has 4 N–H and O–H groups in total. The molecule has 0 radical (unpaired) electrons. The van der Waals surface area contributed by atoms with Gasteiger partial charge in [0.05, 0.1) is 0 Å². The van der Waals surface area contributed by atoms with Crippen LogP contribution < -0.4 is 11.5 Å². The van der Waals surface area contributed by atoms with Crippen molar-refractivity contribution < 1.29 is 0 Å². The monoisotopic (exact) mass is 186 g/mol. The molecule has 0 rings (SSSR count). The van der Waals surface area contributed by atoms with Crippen molar-refractivity contribution in [3.63, 3.8) is 0 Å². The lowest BCUT2D eigenvalue weighted by molar-refractivity contribution is 0.343. The molecule has 0 aliphatic carbocycles. The summed E-state index contributed by atoms with van der Waals surface area (Å²) in [6.45, 7) is 5.11. The quantitative estimate of drug-likeness (QED) is 0.572. The van der Waals surface area contributed by atoms with Gasteiger partial charge in [-0.05, 0) is 25.8 Å². The van der Waals surface area contributed by atoms with E-state index in [-0.39, 0.29) is 5.54 Å². The van der Waals surface area contributed by atoms with Gasteiger partial charge >= 0.3 is 0 Å². The predicted molar refractivity (Wildman–Crippen MR) is 59.6 cm³/mol. The van der Waals surface area contributed by atoms with Crippen LogP contribution in [-0.2, 0) is 0 Å². The summed E-state index contributed by atoms with van der Waals surface area (Å²) in [6, 6.07) is 0. The molecule has 80 valence electrons. The third-order valence-electron chi connectivity index (χ3n) is 2.87. The van der Waals surface area contributed by atoms with E-state index < -0.39 is 0 Å². The Labute approximate surface area is 83.1 Å². The summed E-state index contributed by atoms with van der Waals surface area (Å²) in [5, 5.41) is 0. The topological polar surface area (TPSA) is 52.0 Å². The SMILES string of the molecule is CCCCCCC(N)(CC)CCN. The molecule has 0 spiro atoms. The summed E-state index contributed by atoms with van der Waals surface area (Å²) in [7, 11) is 0. The summed E-state index contributed by atoms with van der Waals surface area (Å²) < 4.78 is 0. The van der Waals surface area contributed by atoms with Crippen LogP contribution in [0.5, 0.6) is 0 Å². The highest BCUT2D eigenvalue weighted by molar-refractivity contribution is 4.82. The molecule has 1 unspecified atom stereocenters. The molecule has 0 bridgehead atoms. The van der Waals surface area contributed by atoms with Gasteiger partial charge in [-0.15, -0.1) is 0 Å². The molecule has 0 saturated carbocycles. The highest BCUT2D eigenvalue weighted by Crippen LogP contribution is 2.19. The van der Waals surface area contributed by atoms with E-state index in [1.807, 2.05) is 0 Å². The zero-order valence-electron chi connectivity index (χ0n) is 9.31. The highest BCUT2D eigenvalue weighted by Gasteiger charge is 2.20. The first-order valence-corrected chi connectivity index (χ1v) is 5.67. The number of nitrogens with two attached hydrogens (primary N) is 2. The Morgan fingerprint density at radius 2 is 1.69 bits per heavy atom. The van der Waals surface area contributed by atoms with Crippen LogP contribution in [0, 0.1) is 0 Å². The fourth-order valence-electron chi connectivity index (χ4n) is 1.67. The van der Waals surface area contributed by atoms with Crippen LogP contribution in [0.15, 0.2) is 0 Å². The molecule has 2 heteroatoms. The molecule has 0 fully saturated rings. The lowest BCUT2D eigenvalue weighted by atomic mass is 9.87. The minimum atomic E-state index is 0.0164. The van der Waals surface area contributed by atoms with E-state index in [9.17, 15) is 0 Å². The van der Waals surface area contributed by atoms with Crippen molar-refractivity contribution in [2.75, 3.05) is 6.54 Å². The average Bonchev–Trinajstić information content (AvgIpc) is 2.13. The zero-order valence-corrected chi connectivity index (χ0v) is 9.31. The first-order chi connectivity index (χ1) is 6.18. The van der Waals surface area contributed by atoms with Crippen LogP contribution in [0.4, 0.5) is 0 Å². The molecule has 0 saturated heterocycles. The van der Waals surface area contributed by atoms with Crippen molar-refractivity contribution in [3.05, 3.63) is 0 Å². The van der Waals surface area contributed by atoms with E-state index in [2.05, 4.69) is 13.8 Å². The van der Waals surface area contributed by atoms with Crippen LogP contribution in [0.3, 0.4) is 0 Å². The third kappa shape index (κ3) is 6.05. The van der Waals surface area contributed by atoms with Gasteiger partial charge < -0.3 is 11.5 Å². The molecule has 0 aromatic heterocycles. The molecule has 0 aliphatic heterocycles. The highest BCUT2D eigenvalue weighted by atomic mass is 14.7. The molecule has 13 heavy (non-hydrogen) atoms. The van der Waals surface area contributed by atoms with Crippen molar-refractivity contribution >= 4 is 0 Å². The van der Waals surface area contributed by atoms with Crippen molar-refractivity contribution in [1.82, 2.24) is 0 Å². The molecule has 2 nitrogen and oxygen atoms in total. The average molecular weight is 186 g/mol. The van der Waals surface area contributed by atoms with Gasteiger partial charge in [0.25, 0.3) is 0 Å². The van der Waals surface area contributed by atoms with Crippen LogP contribution >= 0.6 is 0 Å². The summed E-state index contributed by atoms with van der Waals surface area (Å²) in [5.74, 6) is 0. The molecular formula is C11H26N2. The van der Waals surface area contributed by atoms with Crippen molar-refractivity contribution in [2.24, 2.45) is 11.5 Å². The molecule has 0 aromatic rings. The second kappa shape index (κ2) is 7.34. The van der Waals surface area contributed by atoms with E-state index in [0.29, 0.717) is 0 Å². The van der Waals surface area contributed by atoms with Gasteiger partial charge in [0.2, 0.25) is 0 Å². The van der Waals surface area contributed by atoms with Gasteiger partial charge in [-0.2, -0.15) is 0 Å². The number of hydrogen-bond acceptors (Lipinski definition) is 2. The van der Waals surface area contributed by atoms with Crippen molar-refractivity contribution in [3.8, 4) is 0 Å². The molecule has 1 atom stereocenters. The van der Waals surface area contributed by atoms with E-state index in [0.717, 1.165) is 25.8 Å². The van der Waals surface area contributed by atoms with Crippen molar-refractivity contribution in [1.29, 1.82) is 0 Å². The summed E-state index contributed by atoms with van der Waals surface area (Å²) in [5.41, 5.74) is 11.8. The molecule has 0 amide bonds. The Bertz CT molecular complexity index is 115. The zero-order chi connectivity index (χ0) is 10.2. The normalized spacial score (nSPS) is 15.7. The van der Waals surface area contributed by atoms with E-state index in [4.69, 9.17) is 11.5 Å². The third-order valence-corrected chi connectivity index (χ3v) is 2.87. The second-order valence-corrected chi connectivity index (χ2v) is 4.07. The fourth-order valence-corrected chi connectivity index (χ4v) is 1.67. The standard InChI is InChI=1S/C11H26N2/c1-3-5-6-7-8-11(13,4-2)9-10-12/h3-10,12-13H2,1-2H3. The Morgan fingerprint density at radius 3 is 2.15 bits per heavy atom. The van der Waals surface area contributed by atoms with Gasteiger partial charge in [-0.1, -0.05) is 39.5 Å². The molecule has 0 aromatic carbocycles. The van der Waals surface area contributed by atoms with Gasteiger partial charge in [0.1, 0.15) is 0 Å². The van der Waals surface area contributed by atoms with Gasteiger partial charge in [-0.3, -0.25) is 0 Å². The Balaban J connectivity index is 3.57. The Morgan fingerprint density at radius 1 is 1.00 bits per heavy atom. The minimum absolute atomic E-state index is 0.0164. The molecular weight excluding hydrogens is 160 g/mol. The predicted octanol–water partition coefficient (Wildman–Crippen LogP) is 2.41. The largest absolute Gasteiger partial charge is 0.330 e. The van der Waals surface area contributed by atoms with Crippen LogP contribution in [0.2, 0.25) is 0 Å². The first-order valence-electron chi connectivity index (χ1n) is 5.67. The summed E-state index contributed by atoms with van der Waals surface area (Å²) in [6.07, 6.45) is 8.37. The maximum absolute atomic E-state index is 6.21. The van der Waals surface area contributed by atoms with Crippen LogP contribution in [-0.4, -0.2) is 12.1 Å². The van der Waals surface area contributed by atoms with Gasteiger partial charge in [-0.25, -0.2) is 0 Å². The lowest BCUT2D eigenvalue weighted by Crippen LogP contribution is -2.40. The van der Waals surface area contributed by atoms with E-state index >= 15 is 0 Å². The van der Waals surface area contributed by atoms with Gasteiger partial charge in [0.15, 0.2) is 0 Å². The van der Waals surface area contributed by atoms with Crippen molar-refractivity contribution in [2.45, 2.75) is 64.3 Å². The van der Waals surface area contributed by atoms with Crippen LogP contribution in [0.25, 0.3) is 0 Å². The maximum Gasteiger partial charge on any atom is 0.0163 e. The van der Waals surface area contributed by atoms with E-state index in [1.54, 1.807) is 0 Å².